The molecule has 0 saturated carbocycles. The lowest BCUT2D eigenvalue weighted by molar-refractivity contribution is 0.398. The normalized spacial score (nSPS) is 26.1. The molecular formula is C14H23NOS2. The molecule has 4 heteroatoms. The Morgan fingerprint density at radius 3 is 2.89 bits per heavy atom. The molecule has 2 rings (SSSR count). The van der Waals surface area contributed by atoms with Gasteiger partial charge in [-0.2, -0.15) is 23.5 Å². The van der Waals surface area contributed by atoms with E-state index >= 15 is 0 Å². The van der Waals surface area contributed by atoms with E-state index < -0.39 is 0 Å². The summed E-state index contributed by atoms with van der Waals surface area (Å²) in [6, 6.07) is 4.47. The zero-order valence-electron chi connectivity index (χ0n) is 11.2. The van der Waals surface area contributed by atoms with Crippen LogP contribution in [0.15, 0.2) is 22.8 Å². The minimum atomic E-state index is 0.364. The second-order valence-corrected chi connectivity index (χ2v) is 7.23. The average molecular weight is 285 g/mol. The van der Waals surface area contributed by atoms with E-state index in [-0.39, 0.29) is 0 Å². The largest absolute Gasteiger partial charge is 0.468 e. The van der Waals surface area contributed by atoms with Gasteiger partial charge in [0, 0.05) is 22.0 Å². The smallest absolute Gasteiger partial charge is 0.121 e. The van der Waals surface area contributed by atoms with Crippen molar-refractivity contribution in [1.29, 1.82) is 0 Å². The van der Waals surface area contributed by atoms with Gasteiger partial charge >= 0.3 is 0 Å². The van der Waals surface area contributed by atoms with Gasteiger partial charge in [-0.3, -0.25) is 0 Å². The van der Waals surface area contributed by atoms with Crippen molar-refractivity contribution in [2.24, 2.45) is 0 Å². The van der Waals surface area contributed by atoms with Crippen molar-refractivity contribution in [2.75, 3.05) is 18.1 Å². The number of hydrogen-bond acceptors (Lipinski definition) is 4. The first-order valence-electron chi connectivity index (χ1n) is 6.86. The van der Waals surface area contributed by atoms with Crippen molar-refractivity contribution in [2.45, 2.75) is 43.2 Å². The molecular weight excluding hydrogens is 262 g/mol. The van der Waals surface area contributed by atoms with Crippen LogP contribution in [0.3, 0.4) is 0 Å². The zero-order chi connectivity index (χ0) is 12.8. The Bertz CT molecular complexity index is 329. The summed E-state index contributed by atoms with van der Waals surface area (Å²) in [5, 5.41) is 5.05. The summed E-state index contributed by atoms with van der Waals surface area (Å²) in [5.41, 5.74) is 0. The maximum atomic E-state index is 5.65. The summed E-state index contributed by atoms with van der Waals surface area (Å²) in [4.78, 5) is 0. The molecule has 0 aromatic carbocycles. The highest BCUT2D eigenvalue weighted by Crippen LogP contribution is 2.40. The third kappa shape index (κ3) is 3.49. The minimum Gasteiger partial charge on any atom is -0.468 e. The Kier molecular flexibility index (Phi) is 5.99. The van der Waals surface area contributed by atoms with Crippen LogP contribution in [0.1, 0.15) is 38.5 Å². The van der Waals surface area contributed by atoms with Crippen LogP contribution in [0.2, 0.25) is 0 Å². The van der Waals surface area contributed by atoms with Crippen molar-refractivity contribution in [3.63, 3.8) is 0 Å². The topological polar surface area (TPSA) is 25.2 Å². The van der Waals surface area contributed by atoms with E-state index in [4.69, 9.17) is 4.42 Å². The average Bonchev–Trinajstić information content (AvgIpc) is 2.94. The molecule has 0 radical (unpaired) electrons. The van der Waals surface area contributed by atoms with Crippen LogP contribution < -0.4 is 5.32 Å². The van der Waals surface area contributed by atoms with Crippen LogP contribution >= 0.6 is 23.5 Å². The molecule has 3 atom stereocenters. The van der Waals surface area contributed by atoms with Gasteiger partial charge in [0.25, 0.3) is 0 Å². The van der Waals surface area contributed by atoms with Crippen LogP contribution in [0, 0.1) is 0 Å². The fraction of sp³-hybridized carbons (Fsp3) is 0.714. The van der Waals surface area contributed by atoms with Gasteiger partial charge in [-0.1, -0.05) is 13.8 Å². The van der Waals surface area contributed by atoms with Gasteiger partial charge in [0.2, 0.25) is 0 Å². The summed E-state index contributed by atoms with van der Waals surface area (Å²) in [7, 11) is 0. The third-order valence-corrected chi connectivity index (χ3v) is 6.64. The Morgan fingerprint density at radius 1 is 1.39 bits per heavy atom. The van der Waals surface area contributed by atoms with E-state index in [0.29, 0.717) is 11.3 Å². The Labute approximate surface area is 119 Å². The maximum absolute atomic E-state index is 5.65. The Hall–Kier alpha value is -0.0600. The zero-order valence-corrected chi connectivity index (χ0v) is 12.9. The predicted molar refractivity (Wildman–Crippen MR) is 82.5 cm³/mol. The van der Waals surface area contributed by atoms with Crippen molar-refractivity contribution in [1.82, 2.24) is 5.32 Å². The number of hydrogen-bond donors (Lipinski definition) is 1. The molecule has 2 nitrogen and oxygen atoms in total. The number of nitrogens with one attached hydrogen (secondary N) is 1. The minimum absolute atomic E-state index is 0.364. The molecule has 1 aliphatic rings. The number of thioether (sulfide) groups is 2. The lowest BCUT2D eigenvalue weighted by Gasteiger charge is -2.35. The molecule has 0 bridgehead atoms. The molecule has 1 aromatic rings. The predicted octanol–water partition coefficient (Wildman–Crippen LogP) is 3.95. The van der Waals surface area contributed by atoms with Crippen LogP contribution in [0.4, 0.5) is 0 Å². The lowest BCUT2D eigenvalue weighted by Crippen LogP contribution is -2.38. The van der Waals surface area contributed by atoms with E-state index in [1.807, 2.05) is 6.07 Å². The van der Waals surface area contributed by atoms with E-state index in [9.17, 15) is 0 Å². The summed E-state index contributed by atoms with van der Waals surface area (Å²) in [6.07, 6.45) is 4.20. The van der Waals surface area contributed by atoms with Gasteiger partial charge < -0.3 is 9.73 Å². The van der Waals surface area contributed by atoms with Crippen LogP contribution in [-0.2, 0) is 0 Å². The second-order valence-electron chi connectivity index (χ2n) is 4.60. The molecule has 1 aromatic heterocycles. The van der Waals surface area contributed by atoms with Crippen LogP contribution in [0.5, 0.6) is 0 Å². The highest BCUT2D eigenvalue weighted by atomic mass is 32.2. The first-order valence-corrected chi connectivity index (χ1v) is 8.96. The fourth-order valence-electron chi connectivity index (χ4n) is 2.39. The molecule has 1 fully saturated rings. The quantitative estimate of drug-likeness (QED) is 0.855. The van der Waals surface area contributed by atoms with E-state index in [1.54, 1.807) is 6.26 Å². The first kappa shape index (κ1) is 14.4. The van der Waals surface area contributed by atoms with Crippen molar-refractivity contribution < 1.29 is 4.42 Å². The molecule has 18 heavy (non-hydrogen) atoms. The summed E-state index contributed by atoms with van der Waals surface area (Å²) < 4.78 is 5.65. The highest BCUT2D eigenvalue weighted by molar-refractivity contribution is 8.07. The van der Waals surface area contributed by atoms with E-state index in [1.165, 1.54) is 24.3 Å². The highest BCUT2D eigenvalue weighted by Gasteiger charge is 2.33. The molecule has 2 heterocycles. The number of furan rings is 1. The van der Waals surface area contributed by atoms with Gasteiger partial charge in [-0.25, -0.2) is 0 Å². The SMILES string of the molecule is CCCNC(c1ccco1)C1SCCSC1CC. The lowest BCUT2D eigenvalue weighted by atomic mass is 10.1. The summed E-state index contributed by atoms with van der Waals surface area (Å²) in [6.45, 7) is 5.57. The molecule has 1 N–H and O–H groups in total. The maximum Gasteiger partial charge on any atom is 0.121 e. The summed E-state index contributed by atoms with van der Waals surface area (Å²) in [5.74, 6) is 3.65. The number of rotatable bonds is 6. The van der Waals surface area contributed by atoms with Crippen molar-refractivity contribution in [3.8, 4) is 0 Å². The molecule has 102 valence electrons. The van der Waals surface area contributed by atoms with Crippen molar-refractivity contribution in [3.05, 3.63) is 24.2 Å². The second kappa shape index (κ2) is 7.51. The van der Waals surface area contributed by atoms with E-state index in [2.05, 4.69) is 48.8 Å². The third-order valence-electron chi connectivity index (χ3n) is 3.29. The fourth-order valence-corrected chi connectivity index (χ4v) is 5.62. The molecule has 0 spiro atoms. The van der Waals surface area contributed by atoms with Gasteiger partial charge in [-0.05, 0) is 31.5 Å². The summed E-state index contributed by atoms with van der Waals surface area (Å²) >= 11 is 4.24. The monoisotopic (exact) mass is 285 g/mol. The molecule has 0 aliphatic carbocycles. The van der Waals surface area contributed by atoms with Crippen LogP contribution in [0.25, 0.3) is 0 Å². The first-order chi connectivity index (χ1) is 8.86. The van der Waals surface area contributed by atoms with Gasteiger partial charge in [0.15, 0.2) is 0 Å². The van der Waals surface area contributed by atoms with Crippen molar-refractivity contribution >= 4 is 23.5 Å². The Morgan fingerprint density at radius 2 is 2.22 bits per heavy atom. The standard InChI is InChI=1S/C14H23NOS2/c1-3-7-15-13(11-6-5-8-16-11)14-12(4-2)17-9-10-18-14/h5-6,8,12-15H,3-4,7,9-10H2,1-2H3. The van der Waals surface area contributed by atoms with E-state index in [0.717, 1.165) is 17.6 Å². The van der Waals surface area contributed by atoms with Gasteiger partial charge in [0.05, 0.1) is 12.3 Å². The molecule has 0 amide bonds. The molecule has 1 saturated heterocycles. The molecule has 3 unspecified atom stereocenters. The molecule has 1 aliphatic heterocycles. The van der Waals surface area contributed by atoms with Gasteiger partial charge in [0.1, 0.15) is 5.76 Å². The van der Waals surface area contributed by atoms with Gasteiger partial charge in [-0.15, -0.1) is 0 Å². The Balaban J connectivity index is 2.11. The van der Waals surface area contributed by atoms with Crippen LogP contribution in [-0.4, -0.2) is 28.6 Å².